The molecule has 1 N–H and O–H groups in total. The van der Waals surface area contributed by atoms with Crippen molar-refractivity contribution in [1.29, 1.82) is 5.26 Å². The lowest BCUT2D eigenvalue weighted by atomic mass is 10.2. The fourth-order valence-electron chi connectivity index (χ4n) is 3.18. The van der Waals surface area contributed by atoms with E-state index < -0.39 is 26.4 Å². The Labute approximate surface area is 220 Å². The van der Waals surface area contributed by atoms with E-state index in [9.17, 15) is 14.9 Å². The Morgan fingerprint density at radius 3 is 2.17 bits per heavy atom. The zero-order chi connectivity index (χ0) is 26.6. The van der Waals surface area contributed by atoms with E-state index in [1.807, 2.05) is 60.7 Å². The highest BCUT2D eigenvalue weighted by atomic mass is 32.2. The molecule has 0 aromatic heterocycles. The summed E-state index contributed by atoms with van der Waals surface area (Å²) in [5, 5.41) is 12.1. The van der Waals surface area contributed by atoms with Gasteiger partial charge in [0, 0.05) is 11.5 Å². The van der Waals surface area contributed by atoms with Crippen molar-refractivity contribution in [2.24, 2.45) is 0 Å². The Morgan fingerprint density at radius 2 is 1.61 bits per heavy atom. The minimum atomic E-state index is -2.17. The number of carbonyl (C=O) groups is 2. The van der Waals surface area contributed by atoms with E-state index in [2.05, 4.69) is 45.3 Å². The molecule has 8 heteroatoms. The Bertz CT molecular complexity index is 1000. The van der Waals surface area contributed by atoms with Crippen molar-refractivity contribution < 1.29 is 18.8 Å². The fraction of sp³-hybridized carbons (Fsp3) is 0.464. The summed E-state index contributed by atoms with van der Waals surface area (Å²) in [6, 6.07) is 20.7. The molecule has 0 fully saturated rings. The number of carbonyl (C=O) groups excluding carboxylic acids is 2. The number of hydrogen-bond donors (Lipinski definition) is 1. The fourth-order valence-corrected chi connectivity index (χ4v) is 5.53. The smallest absolute Gasteiger partial charge is 0.329 e. The van der Waals surface area contributed by atoms with Crippen LogP contribution in [0.5, 0.6) is 0 Å². The van der Waals surface area contributed by atoms with Crippen LogP contribution in [0.25, 0.3) is 0 Å². The van der Waals surface area contributed by atoms with E-state index >= 15 is 0 Å². The lowest BCUT2D eigenvalue weighted by Crippen LogP contribution is -2.47. The topological polar surface area (TPSA) is 88.4 Å². The predicted octanol–water partition coefficient (Wildman–Crippen LogP) is 5.84. The van der Waals surface area contributed by atoms with Crippen LogP contribution in [-0.2, 0) is 31.1 Å². The molecule has 0 bridgehead atoms. The van der Waals surface area contributed by atoms with Crippen LogP contribution in [0.4, 0.5) is 0 Å². The Balaban J connectivity index is 2.03. The molecule has 0 aliphatic heterocycles. The summed E-state index contributed by atoms with van der Waals surface area (Å²) >= 11 is 1.56. The molecule has 0 spiro atoms. The number of nitriles is 1. The molecule has 194 valence electrons. The van der Waals surface area contributed by atoms with E-state index in [1.54, 1.807) is 11.8 Å². The van der Waals surface area contributed by atoms with Gasteiger partial charge in [-0.25, -0.2) is 4.79 Å². The van der Waals surface area contributed by atoms with Gasteiger partial charge >= 0.3 is 5.97 Å². The van der Waals surface area contributed by atoms with Gasteiger partial charge in [-0.15, -0.1) is 0 Å². The van der Waals surface area contributed by atoms with Crippen LogP contribution < -0.4 is 5.32 Å². The van der Waals surface area contributed by atoms with Crippen LogP contribution in [0.1, 0.15) is 44.7 Å². The lowest BCUT2D eigenvalue weighted by molar-refractivity contribution is -0.148. The summed E-state index contributed by atoms with van der Waals surface area (Å²) in [4.78, 5) is 25.9. The van der Waals surface area contributed by atoms with Crippen molar-refractivity contribution in [3.63, 3.8) is 0 Å². The molecule has 1 amide bonds. The number of rotatable bonds is 13. The molecule has 0 aliphatic rings. The maximum Gasteiger partial charge on any atom is 0.329 e. The first-order valence-corrected chi connectivity index (χ1v) is 16.2. The largest absolute Gasteiger partial charge is 0.459 e. The van der Waals surface area contributed by atoms with Crippen LogP contribution in [0.3, 0.4) is 0 Å². The molecule has 0 unspecified atom stereocenters. The molecular weight excluding hydrogens is 488 g/mol. The number of thioether (sulfide) groups is 1. The average Bonchev–Trinajstić information content (AvgIpc) is 2.82. The molecule has 0 heterocycles. The number of nitrogens with zero attached hydrogens (tertiary/aromatic N) is 1. The lowest BCUT2D eigenvalue weighted by Gasteiger charge is -2.38. The van der Waals surface area contributed by atoms with Crippen molar-refractivity contribution in [1.82, 2.24) is 5.32 Å². The number of ether oxygens (including phenoxy) is 1. The zero-order valence-electron chi connectivity index (χ0n) is 22.0. The van der Waals surface area contributed by atoms with Gasteiger partial charge in [-0.1, -0.05) is 81.4 Å². The third-order valence-corrected chi connectivity index (χ3v) is 11.9. The Kier molecular flexibility index (Phi) is 11.7. The summed E-state index contributed by atoms with van der Waals surface area (Å²) in [5.41, 5.74) is 2.02. The van der Waals surface area contributed by atoms with Crippen LogP contribution in [0, 0.1) is 11.3 Å². The SMILES string of the molecule is CC(C)(C)[Si](C)(C)O[C@@H](CC#N)CC(=O)N[C@@H](CSCc1ccccc1)C(=O)OCc1ccccc1. The summed E-state index contributed by atoms with van der Waals surface area (Å²) in [6.45, 7) is 10.7. The van der Waals surface area contributed by atoms with Gasteiger partial charge in [0.25, 0.3) is 0 Å². The second-order valence-corrected chi connectivity index (χ2v) is 16.1. The minimum absolute atomic E-state index is 0.0197. The number of hydrogen-bond acceptors (Lipinski definition) is 6. The second kappa shape index (κ2) is 14.2. The number of benzene rings is 2. The summed E-state index contributed by atoms with van der Waals surface area (Å²) < 4.78 is 11.9. The van der Waals surface area contributed by atoms with Gasteiger partial charge in [0.1, 0.15) is 12.6 Å². The third kappa shape index (κ3) is 10.2. The highest BCUT2D eigenvalue weighted by molar-refractivity contribution is 7.98. The van der Waals surface area contributed by atoms with Gasteiger partial charge in [-0.05, 0) is 29.3 Å². The van der Waals surface area contributed by atoms with Gasteiger partial charge in [0.15, 0.2) is 8.32 Å². The maximum absolute atomic E-state index is 13.0. The van der Waals surface area contributed by atoms with E-state index in [1.165, 1.54) is 0 Å². The standard InChI is InChI=1S/C28H38N2O4SSi/c1-28(2,3)36(4,5)34-24(16-17-29)18-26(31)30-25(21-35-20-23-14-10-7-11-15-23)27(32)33-19-22-12-8-6-9-13-22/h6-15,24-25H,16,18-21H2,1-5H3,(H,30,31)/t24-,25-/m0/s1. The zero-order valence-corrected chi connectivity index (χ0v) is 23.8. The maximum atomic E-state index is 13.0. The van der Waals surface area contributed by atoms with Crippen molar-refractivity contribution in [3.05, 3.63) is 71.8 Å². The molecule has 2 aromatic carbocycles. The van der Waals surface area contributed by atoms with Crippen LogP contribution >= 0.6 is 11.8 Å². The van der Waals surface area contributed by atoms with E-state index in [0.717, 1.165) is 11.1 Å². The number of amides is 1. The number of nitrogens with one attached hydrogen (secondary N) is 1. The molecule has 2 rings (SSSR count). The van der Waals surface area contributed by atoms with Crippen LogP contribution in [0.15, 0.2) is 60.7 Å². The predicted molar refractivity (Wildman–Crippen MR) is 148 cm³/mol. The normalized spacial score (nSPS) is 13.3. The first-order chi connectivity index (χ1) is 17.0. The van der Waals surface area contributed by atoms with Gasteiger partial charge < -0.3 is 14.5 Å². The first kappa shape index (κ1) is 29.6. The minimum Gasteiger partial charge on any atom is -0.459 e. The van der Waals surface area contributed by atoms with Crippen LogP contribution in [0.2, 0.25) is 18.1 Å². The van der Waals surface area contributed by atoms with E-state index in [4.69, 9.17) is 9.16 Å². The van der Waals surface area contributed by atoms with Crippen LogP contribution in [-0.4, -0.2) is 38.1 Å². The van der Waals surface area contributed by atoms with Crippen molar-refractivity contribution in [3.8, 4) is 6.07 Å². The van der Waals surface area contributed by atoms with Gasteiger partial charge in [0.2, 0.25) is 5.91 Å². The monoisotopic (exact) mass is 526 g/mol. The summed E-state index contributed by atoms with van der Waals surface area (Å²) in [7, 11) is -2.17. The molecule has 36 heavy (non-hydrogen) atoms. The quantitative estimate of drug-likeness (QED) is 0.260. The molecule has 6 nitrogen and oxygen atoms in total. The molecule has 2 atom stereocenters. The highest BCUT2D eigenvalue weighted by Crippen LogP contribution is 2.38. The average molecular weight is 527 g/mol. The first-order valence-electron chi connectivity index (χ1n) is 12.2. The number of esters is 1. The molecule has 2 aromatic rings. The summed E-state index contributed by atoms with van der Waals surface area (Å²) in [5.74, 6) is 0.288. The van der Waals surface area contributed by atoms with Crippen molar-refractivity contribution in [2.45, 2.75) is 76.3 Å². The highest BCUT2D eigenvalue weighted by Gasteiger charge is 2.39. The van der Waals surface area contributed by atoms with E-state index in [-0.39, 0.29) is 30.4 Å². The Hall–Kier alpha value is -2.60. The molecule has 0 saturated carbocycles. The molecule has 0 saturated heterocycles. The van der Waals surface area contributed by atoms with Crippen molar-refractivity contribution in [2.75, 3.05) is 5.75 Å². The van der Waals surface area contributed by atoms with Gasteiger partial charge in [-0.2, -0.15) is 17.0 Å². The third-order valence-electron chi connectivity index (χ3n) is 6.24. The summed E-state index contributed by atoms with van der Waals surface area (Å²) in [6.07, 6.45) is -0.383. The Morgan fingerprint density at radius 1 is 1.03 bits per heavy atom. The van der Waals surface area contributed by atoms with Crippen molar-refractivity contribution >= 4 is 32.0 Å². The van der Waals surface area contributed by atoms with E-state index in [0.29, 0.717) is 11.5 Å². The van der Waals surface area contributed by atoms with Gasteiger partial charge in [0.05, 0.1) is 25.0 Å². The molecule has 0 aliphatic carbocycles. The second-order valence-electron chi connectivity index (χ2n) is 10.3. The molecule has 0 radical (unpaired) electrons. The molecular formula is C28H38N2O4SSi. The van der Waals surface area contributed by atoms with Gasteiger partial charge in [-0.3, -0.25) is 4.79 Å².